The molecule has 1 N–H and O–H groups in total. The third-order valence-corrected chi connectivity index (χ3v) is 4.68. The Balaban J connectivity index is 1.64. The SMILES string of the molecule is O=C(O)CCC1CCN(C2CCc3cc(F)ccc32)C1. The fourth-order valence-electron chi connectivity index (χ4n) is 3.65. The first kappa shape index (κ1) is 13.6. The van der Waals surface area contributed by atoms with Crippen molar-refractivity contribution in [1.82, 2.24) is 4.90 Å². The minimum Gasteiger partial charge on any atom is -0.481 e. The lowest BCUT2D eigenvalue weighted by molar-refractivity contribution is -0.137. The van der Waals surface area contributed by atoms with Crippen LogP contribution >= 0.6 is 0 Å². The van der Waals surface area contributed by atoms with Gasteiger partial charge in [-0.3, -0.25) is 9.69 Å². The molecule has 3 rings (SSSR count). The number of fused-ring (bicyclic) bond motifs is 1. The molecule has 1 aromatic rings. The van der Waals surface area contributed by atoms with Crippen LogP contribution in [0.2, 0.25) is 0 Å². The van der Waals surface area contributed by atoms with Crippen molar-refractivity contribution < 1.29 is 14.3 Å². The topological polar surface area (TPSA) is 40.5 Å². The molecule has 2 aliphatic rings. The first-order valence-corrected chi connectivity index (χ1v) is 7.37. The van der Waals surface area contributed by atoms with E-state index >= 15 is 0 Å². The lowest BCUT2D eigenvalue weighted by atomic mass is 10.0. The summed E-state index contributed by atoms with van der Waals surface area (Å²) in [5, 5.41) is 8.76. The smallest absolute Gasteiger partial charge is 0.303 e. The summed E-state index contributed by atoms with van der Waals surface area (Å²) in [5.41, 5.74) is 2.41. The Morgan fingerprint density at radius 3 is 3.05 bits per heavy atom. The van der Waals surface area contributed by atoms with E-state index in [1.54, 1.807) is 12.1 Å². The second kappa shape index (κ2) is 5.52. The van der Waals surface area contributed by atoms with Gasteiger partial charge in [-0.15, -0.1) is 0 Å². The van der Waals surface area contributed by atoms with E-state index in [9.17, 15) is 9.18 Å². The van der Waals surface area contributed by atoms with Gasteiger partial charge < -0.3 is 5.11 Å². The van der Waals surface area contributed by atoms with Crippen LogP contribution in [0.1, 0.15) is 42.9 Å². The lowest BCUT2D eigenvalue weighted by Crippen LogP contribution is -2.25. The highest BCUT2D eigenvalue weighted by atomic mass is 19.1. The van der Waals surface area contributed by atoms with E-state index in [4.69, 9.17) is 5.11 Å². The van der Waals surface area contributed by atoms with Crippen molar-refractivity contribution in [2.24, 2.45) is 5.92 Å². The molecule has 1 aliphatic carbocycles. The zero-order valence-electron chi connectivity index (χ0n) is 11.5. The zero-order valence-corrected chi connectivity index (χ0v) is 11.5. The van der Waals surface area contributed by atoms with Crippen molar-refractivity contribution in [3.63, 3.8) is 0 Å². The largest absolute Gasteiger partial charge is 0.481 e. The van der Waals surface area contributed by atoms with E-state index in [2.05, 4.69) is 4.90 Å². The van der Waals surface area contributed by atoms with Gasteiger partial charge in [-0.25, -0.2) is 4.39 Å². The van der Waals surface area contributed by atoms with Crippen LogP contribution in [0.15, 0.2) is 18.2 Å². The van der Waals surface area contributed by atoms with E-state index in [0.717, 1.165) is 44.3 Å². The van der Waals surface area contributed by atoms with Crippen LogP contribution in [0.5, 0.6) is 0 Å². The second-order valence-electron chi connectivity index (χ2n) is 5.98. The zero-order chi connectivity index (χ0) is 14.1. The van der Waals surface area contributed by atoms with Crippen molar-refractivity contribution in [2.45, 2.75) is 38.1 Å². The van der Waals surface area contributed by atoms with E-state index in [1.165, 1.54) is 5.56 Å². The summed E-state index contributed by atoms with van der Waals surface area (Å²) >= 11 is 0. The monoisotopic (exact) mass is 277 g/mol. The third-order valence-electron chi connectivity index (χ3n) is 4.68. The van der Waals surface area contributed by atoms with E-state index in [1.807, 2.05) is 6.07 Å². The number of nitrogens with zero attached hydrogens (tertiary/aromatic N) is 1. The molecule has 2 atom stereocenters. The Morgan fingerprint density at radius 1 is 1.40 bits per heavy atom. The van der Waals surface area contributed by atoms with Gasteiger partial charge in [0.1, 0.15) is 5.82 Å². The fraction of sp³-hybridized carbons (Fsp3) is 0.562. The predicted molar refractivity (Wildman–Crippen MR) is 74.0 cm³/mol. The number of carboxylic acids is 1. The quantitative estimate of drug-likeness (QED) is 0.919. The number of benzene rings is 1. The number of rotatable bonds is 4. The molecule has 3 nitrogen and oxygen atoms in total. The van der Waals surface area contributed by atoms with Gasteiger partial charge in [0.2, 0.25) is 0 Å². The normalized spacial score (nSPS) is 25.9. The molecule has 4 heteroatoms. The molecule has 1 fully saturated rings. The number of carbonyl (C=O) groups is 1. The summed E-state index contributed by atoms with van der Waals surface area (Å²) in [7, 11) is 0. The maximum Gasteiger partial charge on any atom is 0.303 e. The van der Waals surface area contributed by atoms with Gasteiger partial charge in [0.15, 0.2) is 0 Å². The van der Waals surface area contributed by atoms with Gasteiger partial charge in [-0.2, -0.15) is 0 Å². The Kier molecular flexibility index (Phi) is 3.74. The Morgan fingerprint density at radius 2 is 2.25 bits per heavy atom. The predicted octanol–water partition coefficient (Wildman–Crippen LogP) is 3.00. The lowest BCUT2D eigenvalue weighted by Gasteiger charge is -2.25. The summed E-state index contributed by atoms with van der Waals surface area (Å²) in [6, 6.07) is 5.54. The average molecular weight is 277 g/mol. The maximum atomic E-state index is 13.2. The van der Waals surface area contributed by atoms with Crippen molar-refractivity contribution in [1.29, 1.82) is 0 Å². The van der Waals surface area contributed by atoms with Gasteiger partial charge in [-0.1, -0.05) is 6.07 Å². The van der Waals surface area contributed by atoms with Crippen LogP contribution in [0.3, 0.4) is 0 Å². The number of likely N-dealkylation sites (tertiary alicyclic amines) is 1. The van der Waals surface area contributed by atoms with Crippen LogP contribution in [0, 0.1) is 11.7 Å². The molecule has 1 aliphatic heterocycles. The Hall–Kier alpha value is -1.42. The molecular formula is C16H20FNO2. The van der Waals surface area contributed by atoms with Crippen LogP contribution in [0.4, 0.5) is 4.39 Å². The van der Waals surface area contributed by atoms with Crippen molar-refractivity contribution in [2.75, 3.05) is 13.1 Å². The maximum absolute atomic E-state index is 13.2. The van der Waals surface area contributed by atoms with Gasteiger partial charge in [0.05, 0.1) is 0 Å². The number of carboxylic acid groups (broad SMARTS) is 1. The van der Waals surface area contributed by atoms with Gasteiger partial charge in [-0.05, 0) is 61.4 Å². The van der Waals surface area contributed by atoms with E-state index < -0.39 is 5.97 Å². The van der Waals surface area contributed by atoms with Gasteiger partial charge >= 0.3 is 5.97 Å². The summed E-state index contributed by atoms with van der Waals surface area (Å²) in [6.07, 6.45) is 4.14. The van der Waals surface area contributed by atoms with Crippen molar-refractivity contribution in [3.8, 4) is 0 Å². The number of halogens is 1. The molecule has 2 unspecified atom stereocenters. The minimum absolute atomic E-state index is 0.148. The first-order valence-electron chi connectivity index (χ1n) is 7.37. The highest BCUT2D eigenvalue weighted by Crippen LogP contribution is 2.39. The second-order valence-corrected chi connectivity index (χ2v) is 5.98. The highest BCUT2D eigenvalue weighted by Gasteiger charge is 2.33. The van der Waals surface area contributed by atoms with Crippen LogP contribution in [-0.4, -0.2) is 29.1 Å². The summed E-state index contributed by atoms with van der Waals surface area (Å²) in [6.45, 7) is 2.01. The van der Waals surface area contributed by atoms with Crippen LogP contribution in [0.25, 0.3) is 0 Å². The van der Waals surface area contributed by atoms with E-state index in [0.29, 0.717) is 12.0 Å². The first-order chi connectivity index (χ1) is 9.63. The Bertz CT molecular complexity index is 517. The van der Waals surface area contributed by atoms with Gasteiger partial charge in [0, 0.05) is 19.0 Å². The number of hydrogen-bond acceptors (Lipinski definition) is 2. The molecule has 1 saturated heterocycles. The number of aliphatic carboxylic acids is 1. The molecule has 108 valence electrons. The van der Waals surface area contributed by atoms with Crippen LogP contribution in [-0.2, 0) is 11.2 Å². The average Bonchev–Trinajstić information content (AvgIpc) is 3.01. The summed E-state index contributed by atoms with van der Waals surface area (Å²) < 4.78 is 13.2. The molecular weight excluding hydrogens is 257 g/mol. The molecule has 0 spiro atoms. The van der Waals surface area contributed by atoms with Crippen LogP contribution < -0.4 is 0 Å². The van der Waals surface area contributed by atoms with Crippen molar-refractivity contribution >= 4 is 5.97 Å². The highest BCUT2D eigenvalue weighted by molar-refractivity contribution is 5.66. The molecule has 0 saturated carbocycles. The standard InChI is InChI=1S/C16H20FNO2/c17-13-3-4-14-12(9-13)2-5-15(14)18-8-7-11(10-18)1-6-16(19)20/h3-4,9,11,15H,1-2,5-8,10H2,(H,19,20). The molecule has 0 radical (unpaired) electrons. The Labute approximate surface area is 118 Å². The molecule has 0 aromatic heterocycles. The molecule has 1 heterocycles. The number of hydrogen-bond donors (Lipinski definition) is 1. The molecule has 1 aromatic carbocycles. The summed E-state index contributed by atoms with van der Waals surface area (Å²) in [4.78, 5) is 13.1. The fourth-order valence-corrected chi connectivity index (χ4v) is 3.65. The third kappa shape index (κ3) is 2.70. The number of aryl methyl sites for hydroxylation is 1. The molecule has 20 heavy (non-hydrogen) atoms. The van der Waals surface area contributed by atoms with Crippen molar-refractivity contribution in [3.05, 3.63) is 35.1 Å². The molecule has 0 bridgehead atoms. The van der Waals surface area contributed by atoms with Gasteiger partial charge in [0.25, 0.3) is 0 Å². The summed E-state index contributed by atoms with van der Waals surface area (Å²) in [5.74, 6) is -0.356. The molecule has 0 amide bonds. The van der Waals surface area contributed by atoms with E-state index in [-0.39, 0.29) is 12.2 Å². The minimum atomic E-state index is -0.704.